The molecule has 0 spiro atoms. The maximum atomic E-state index is 11.7. The van der Waals surface area contributed by atoms with Crippen molar-refractivity contribution in [2.45, 2.75) is 78.5 Å². The Hall–Kier alpha value is -0.910. The van der Waals surface area contributed by atoms with E-state index in [-0.39, 0.29) is 42.0 Å². The van der Waals surface area contributed by atoms with Gasteiger partial charge in [-0.1, -0.05) is 26.8 Å². The maximum Gasteiger partial charge on any atom is 0.303 e. The molecule has 3 rings (SSSR count). The fourth-order valence-corrected chi connectivity index (χ4v) is 5.87. The molecule has 25 heavy (non-hydrogen) atoms. The molecule has 1 saturated heterocycles. The lowest BCUT2D eigenvalue weighted by molar-refractivity contribution is -0.221. The minimum Gasteiger partial charge on any atom is -0.458 e. The molecule has 5 nitrogen and oxygen atoms in total. The van der Waals surface area contributed by atoms with Crippen LogP contribution in [-0.4, -0.2) is 41.3 Å². The average Bonchev–Trinajstić information content (AvgIpc) is 2.69. The second kappa shape index (κ2) is 5.54. The van der Waals surface area contributed by atoms with Crippen LogP contribution in [0, 0.1) is 22.7 Å². The van der Waals surface area contributed by atoms with Gasteiger partial charge in [0.05, 0.1) is 6.10 Å². The molecule has 5 heteroatoms. The summed E-state index contributed by atoms with van der Waals surface area (Å²) in [6, 6.07) is 0. The molecule has 3 aliphatic rings. The quantitative estimate of drug-likeness (QED) is 0.611. The molecule has 1 aliphatic heterocycles. The third-order valence-corrected chi connectivity index (χ3v) is 6.86. The van der Waals surface area contributed by atoms with E-state index in [4.69, 9.17) is 14.2 Å². The molecule has 2 fully saturated rings. The van der Waals surface area contributed by atoms with Crippen LogP contribution in [0.5, 0.6) is 0 Å². The fraction of sp³-hybridized carbons (Fsp3) is 0.850. The second-order valence-corrected chi connectivity index (χ2v) is 9.39. The van der Waals surface area contributed by atoms with Crippen LogP contribution in [0.2, 0.25) is 0 Å². The largest absolute Gasteiger partial charge is 0.458 e. The molecule has 0 aromatic rings. The number of ether oxygens (including phenoxy) is 3. The van der Waals surface area contributed by atoms with E-state index < -0.39 is 16.8 Å². The van der Waals surface area contributed by atoms with E-state index in [1.807, 2.05) is 26.8 Å². The Morgan fingerprint density at radius 2 is 1.88 bits per heavy atom. The van der Waals surface area contributed by atoms with Gasteiger partial charge in [0.1, 0.15) is 11.7 Å². The summed E-state index contributed by atoms with van der Waals surface area (Å²) in [5.74, 6) is -1.01. The number of aliphatic hydroxyl groups is 1. The molecule has 1 unspecified atom stereocenters. The third kappa shape index (κ3) is 2.66. The number of carbonyl (C=O) groups excluding carboxylic acids is 1. The molecule has 6 atom stereocenters. The van der Waals surface area contributed by atoms with Crippen molar-refractivity contribution in [1.82, 2.24) is 0 Å². The number of allylic oxidation sites excluding steroid dienone is 1. The van der Waals surface area contributed by atoms with Gasteiger partial charge < -0.3 is 19.3 Å². The summed E-state index contributed by atoms with van der Waals surface area (Å²) in [6.45, 7) is 13.8. The van der Waals surface area contributed by atoms with Crippen molar-refractivity contribution in [1.29, 1.82) is 0 Å². The van der Waals surface area contributed by atoms with Crippen molar-refractivity contribution >= 4 is 5.97 Å². The predicted octanol–water partition coefficient (Wildman–Crippen LogP) is 3.06. The van der Waals surface area contributed by atoms with Crippen LogP contribution in [0.15, 0.2) is 12.2 Å². The highest BCUT2D eigenvalue weighted by molar-refractivity contribution is 5.66. The van der Waals surface area contributed by atoms with Crippen LogP contribution in [0.4, 0.5) is 0 Å². The first-order valence-electron chi connectivity index (χ1n) is 9.22. The highest BCUT2D eigenvalue weighted by Gasteiger charge is 2.69. The highest BCUT2D eigenvalue weighted by Crippen LogP contribution is 2.64. The summed E-state index contributed by atoms with van der Waals surface area (Å²) in [7, 11) is 0. The number of hydrogen-bond acceptors (Lipinski definition) is 5. The molecule has 1 heterocycles. The molecule has 0 bridgehead atoms. The SMILES string of the molecule is CC(=O)O[C@H]1C=CC(C)(C)C2C[C@H]3OC(C)(C)O[C@@]3(C)[C@H](CO)[C@]21C. The Bertz CT molecular complexity index is 595. The van der Waals surface area contributed by atoms with Gasteiger partial charge in [-0.15, -0.1) is 0 Å². The first-order valence-corrected chi connectivity index (χ1v) is 9.22. The van der Waals surface area contributed by atoms with Crippen molar-refractivity contribution in [3.05, 3.63) is 12.2 Å². The zero-order valence-electron chi connectivity index (χ0n) is 16.5. The van der Waals surface area contributed by atoms with Crippen molar-refractivity contribution in [3.8, 4) is 0 Å². The smallest absolute Gasteiger partial charge is 0.303 e. The lowest BCUT2D eigenvalue weighted by Gasteiger charge is -2.61. The average molecular weight is 352 g/mol. The van der Waals surface area contributed by atoms with E-state index >= 15 is 0 Å². The first kappa shape index (κ1) is 18.9. The highest BCUT2D eigenvalue weighted by atomic mass is 16.8. The summed E-state index contributed by atoms with van der Waals surface area (Å²) < 4.78 is 18.3. The lowest BCUT2D eigenvalue weighted by Crippen LogP contribution is -2.66. The minimum absolute atomic E-state index is 0.0406. The van der Waals surface area contributed by atoms with Crippen LogP contribution in [-0.2, 0) is 19.0 Å². The molecule has 0 radical (unpaired) electrons. The molecule has 1 saturated carbocycles. The van der Waals surface area contributed by atoms with Crippen molar-refractivity contribution in [2.24, 2.45) is 22.7 Å². The van der Waals surface area contributed by atoms with E-state index in [9.17, 15) is 9.90 Å². The van der Waals surface area contributed by atoms with Crippen molar-refractivity contribution in [2.75, 3.05) is 6.61 Å². The second-order valence-electron chi connectivity index (χ2n) is 9.39. The van der Waals surface area contributed by atoms with E-state index in [1.54, 1.807) is 0 Å². The third-order valence-electron chi connectivity index (χ3n) is 6.86. The summed E-state index contributed by atoms with van der Waals surface area (Å²) in [6.07, 6.45) is 4.46. The zero-order valence-corrected chi connectivity index (χ0v) is 16.5. The predicted molar refractivity (Wildman–Crippen MR) is 93.7 cm³/mol. The number of aliphatic hydroxyl groups excluding tert-OH is 1. The monoisotopic (exact) mass is 352 g/mol. The van der Waals surface area contributed by atoms with Crippen LogP contribution in [0.25, 0.3) is 0 Å². The van der Waals surface area contributed by atoms with E-state index in [0.717, 1.165) is 6.42 Å². The minimum atomic E-state index is -0.689. The van der Waals surface area contributed by atoms with Gasteiger partial charge in [0.2, 0.25) is 0 Å². The molecule has 0 aromatic carbocycles. The van der Waals surface area contributed by atoms with Crippen molar-refractivity contribution < 1.29 is 24.1 Å². The Morgan fingerprint density at radius 1 is 1.24 bits per heavy atom. The Labute approximate surface area is 150 Å². The molecule has 0 aromatic heterocycles. The Morgan fingerprint density at radius 3 is 2.44 bits per heavy atom. The lowest BCUT2D eigenvalue weighted by atomic mass is 9.46. The zero-order chi connectivity index (χ0) is 18.8. The molecule has 2 aliphatic carbocycles. The maximum absolute atomic E-state index is 11.7. The number of rotatable bonds is 2. The Balaban J connectivity index is 2.12. The first-order chi connectivity index (χ1) is 11.4. The van der Waals surface area contributed by atoms with E-state index in [2.05, 4.69) is 26.8 Å². The normalized spacial score (nSPS) is 47.0. The van der Waals surface area contributed by atoms with Crippen LogP contribution < -0.4 is 0 Å². The number of carbonyl (C=O) groups is 1. The van der Waals surface area contributed by atoms with Gasteiger partial charge in [0, 0.05) is 24.9 Å². The van der Waals surface area contributed by atoms with Crippen LogP contribution in [0.3, 0.4) is 0 Å². The molecule has 142 valence electrons. The number of fused-ring (bicyclic) bond motifs is 2. The van der Waals surface area contributed by atoms with E-state index in [1.165, 1.54) is 6.92 Å². The van der Waals surface area contributed by atoms with Crippen LogP contribution in [0.1, 0.15) is 54.9 Å². The Kier molecular flexibility index (Phi) is 4.18. The summed E-state index contributed by atoms with van der Waals surface area (Å²) >= 11 is 0. The van der Waals surface area contributed by atoms with Gasteiger partial charge in [-0.05, 0) is 44.6 Å². The summed E-state index contributed by atoms with van der Waals surface area (Å²) in [5, 5.41) is 10.4. The molecular formula is C20H32O5. The van der Waals surface area contributed by atoms with Crippen LogP contribution >= 0.6 is 0 Å². The summed E-state index contributed by atoms with van der Waals surface area (Å²) in [4.78, 5) is 11.7. The summed E-state index contributed by atoms with van der Waals surface area (Å²) in [5.41, 5.74) is -1.15. The number of esters is 1. The molecule has 1 N–H and O–H groups in total. The molecular weight excluding hydrogens is 320 g/mol. The fourth-order valence-electron chi connectivity index (χ4n) is 5.87. The van der Waals surface area contributed by atoms with Gasteiger partial charge >= 0.3 is 5.97 Å². The molecule has 0 amide bonds. The van der Waals surface area contributed by atoms with Gasteiger partial charge in [-0.2, -0.15) is 0 Å². The number of hydrogen-bond donors (Lipinski definition) is 1. The van der Waals surface area contributed by atoms with E-state index in [0.29, 0.717) is 0 Å². The van der Waals surface area contributed by atoms with Gasteiger partial charge in [-0.3, -0.25) is 4.79 Å². The topological polar surface area (TPSA) is 65.0 Å². The van der Waals surface area contributed by atoms with Gasteiger partial charge in [0.25, 0.3) is 0 Å². The van der Waals surface area contributed by atoms with Gasteiger partial charge in [-0.25, -0.2) is 0 Å². The van der Waals surface area contributed by atoms with Crippen molar-refractivity contribution in [3.63, 3.8) is 0 Å². The van der Waals surface area contributed by atoms with Gasteiger partial charge in [0.15, 0.2) is 5.79 Å². The standard InChI is InChI=1S/C20H32O5/c1-12(22)23-15-8-9-17(2,3)13-10-16-20(7,25-18(4,5)24-16)14(11-21)19(13,15)6/h8-9,13-16,21H,10-11H2,1-7H3/t13?,14-,15+,16-,19+,20+/m1/s1.